The molecule has 2 aromatic rings. The van der Waals surface area contributed by atoms with Crippen molar-refractivity contribution in [3.05, 3.63) is 26.8 Å². The van der Waals surface area contributed by atoms with E-state index in [2.05, 4.69) is 42.2 Å². The summed E-state index contributed by atoms with van der Waals surface area (Å²) in [4.78, 5) is 5.18. The van der Waals surface area contributed by atoms with Crippen molar-refractivity contribution in [3.8, 4) is 0 Å². The number of aromatic nitrogens is 1. The highest BCUT2D eigenvalue weighted by molar-refractivity contribution is 9.11. The van der Waals surface area contributed by atoms with E-state index in [9.17, 15) is 8.42 Å². The third-order valence-electron chi connectivity index (χ3n) is 3.67. The first kappa shape index (κ1) is 16.9. The zero-order valence-electron chi connectivity index (χ0n) is 12.6. The van der Waals surface area contributed by atoms with Gasteiger partial charge in [-0.05, 0) is 48.8 Å². The van der Waals surface area contributed by atoms with E-state index in [1.807, 2.05) is 6.07 Å². The maximum atomic E-state index is 12.8. The van der Waals surface area contributed by atoms with E-state index in [-0.39, 0.29) is 11.5 Å². The Balaban J connectivity index is 2.06. The number of oxime groups is 1. The van der Waals surface area contributed by atoms with Gasteiger partial charge in [-0.2, -0.15) is 0 Å². The molecule has 0 bridgehead atoms. The van der Waals surface area contributed by atoms with E-state index >= 15 is 0 Å². The molecule has 0 fully saturated rings. The average Bonchev–Trinajstić information content (AvgIpc) is 3.01. The summed E-state index contributed by atoms with van der Waals surface area (Å²) in [6.45, 7) is 5.17. The summed E-state index contributed by atoms with van der Waals surface area (Å²) < 4.78 is 32.4. The van der Waals surface area contributed by atoms with Crippen molar-refractivity contribution in [1.29, 1.82) is 0 Å². The molecular weight excluding hydrogens is 452 g/mol. The molecule has 0 amide bonds. The van der Waals surface area contributed by atoms with Crippen molar-refractivity contribution in [3.63, 3.8) is 0 Å². The van der Waals surface area contributed by atoms with Crippen LogP contribution < -0.4 is 0 Å². The highest BCUT2D eigenvalue weighted by Crippen LogP contribution is 2.37. The highest BCUT2D eigenvalue weighted by atomic mass is 79.9. The zero-order chi connectivity index (χ0) is 17.0. The van der Waals surface area contributed by atoms with Crippen molar-refractivity contribution in [2.24, 2.45) is 5.16 Å². The van der Waals surface area contributed by atoms with Gasteiger partial charge in [-0.1, -0.05) is 26.2 Å². The Labute approximate surface area is 150 Å². The van der Waals surface area contributed by atoms with E-state index in [1.54, 1.807) is 26.8 Å². The molecule has 3 rings (SSSR count). The van der Waals surface area contributed by atoms with Gasteiger partial charge in [0.15, 0.2) is 10.6 Å². The van der Waals surface area contributed by atoms with Gasteiger partial charge in [0.25, 0.3) is 0 Å². The van der Waals surface area contributed by atoms with Gasteiger partial charge in [-0.25, -0.2) is 8.42 Å². The van der Waals surface area contributed by atoms with Gasteiger partial charge in [-0.3, -0.25) is 0 Å². The maximum Gasteiger partial charge on any atom is 0.203 e. The van der Waals surface area contributed by atoms with Crippen LogP contribution in [0.2, 0.25) is 0 Å². The van der Waals surface area contributed by atoms with Crippen molar-refractivity contribution in [1.82, 2.24) is 5.16 Å². The summed E-state index contributed by atoms with van der Waals surface area (Å²) in [6.07, 6.45) is 0.239. The number of rotatable bonds is 2. The lowest BCUT2D eigenvalue weighted by Crippen LogP contribution is -2.25. The fourth-order valence-electron chi connectivity index (χ4n) is 2.39. The molecule has 0 saturated heterocycles. The minimum absolute atomic E-state index is 0.0419. The molecule has 23 heavy (non-hydrogen) atoms. The summed E-state index contributed by atoms with van der Waals surface area (Å²) >= 11 is 6.78. The van der Waals surface area contributed by atoms with Crippen LogP contribution in [0.3, 0.4) is 0 Å². The number of benzene rings is 1. The number of hydrogen-bond acceptors (Lipinski definition) is 6. The van der Waals surface area contributed by atoms with E-state index in [4.69, 9.17) is 9.36 Å². The molecule has 0 N–H and O–H groups in total. The molecule has 0 spiro atoms. The van der Waals surface area contributed by atoms with Crippen molar-refractivity contribution in [2.75, 3.05) is 0 Å². The Kier molecular flexibility index (Phi) is 4.09. The third-order valence-corrected chi connectivity index (χ3v) is 6.75. The van der Waals surface area contributed by atoms with E-state index in [0.29, 0.717) is 21.1 Å². The molecule has 1 atom stereocenters. The van der Waals surface area contributed by atoms with Crippen molar-refractivity contribution >= 4 is 57.7 Å². The minimum Gasteiger partial charge on any atom is -0.389 e. The topological polar surface area (TPSA) is 81.8 Å². The monoisotopic (exact) mass is 464 g/mol. The second kappa shape index (κ2) is 5.56. The molecule has 124 valence electrons. The van der Waals surface area contributed by atoms with Crippen LogP contribution in [0.15, 0.2) is 30.8 Å². The Morgan fingerprint density at radius 1 is 1.30 bits per heavy atom. The maximum absolute atomic E-state index is 12.8. The molecule has 1 aromatic carbocycles. The van der Waals surface area contributed by atoms with Gasteiger partial charge in [0.1, 0.15) is 16.5 Å². The molecule has 1 aliphatic rings. The van der Waals surface area contributed by atoms with Gasteiger partial charge >= 0.3 is 0 Å². The lowest BCUT2D eigenvalue weighted by atomic mass is 10.1. The number of sulfone groups is 1. The molecule has 0 radical (unpaired) electrons. The molecule has 2 heterocycles. The molecule has 1 aromatic heterocycles. The van der Waals surface area contributed by atoms with E-state index < -0.39 is 20.7 Å². The standard InChI is InChI=1S/C14H14Br2N2O4S/c1-7(23(19,20)11-6-14(2,3)22-17-11)12-9-4-8(15)5-10(16)13(9)21-18-12/h4-5,7H,6H2,1-3H3. The second-order valence-electron chi connectivity index (χ2n) is 6.03. The number of nitrogens with zero attached hydrogens (tertiary/aromatic N) is 2. The second-order valence-corrected chi connectivity index (χ2v) is 10.1. The van der Waals surface area contributed by atoms with Crippen LogP contribution in [-0.2, 0) is 14.7 Å². The zero-order valence-corrected chi connectivity index (χ0v) is 16.6. The summed E-state index contributed by atoms with van der Waals surface area (Å²) in [5, 5.41) is 7.52. The fraction of sp³-hybridized carbons (Fsp3) is 0.429. The van der Waals surface area contributed by atoms with Crippen molar-refractivity contribution < 1.29 is 17.8 Å². The predicted molar refractivity (Wildman–Crippen MR) is 94.0 cm³/mol. The van der Waals surface area contributed by atoms with Gasteiger partial charge in [0.2, 0.25) is 9.84 Å². The van der Waals surface area contributed by atoms with Crippen LogP contribution >= 0.6 is 31.9 Å². The van der Waals surface area contributed by atoms with Gasteiger partial charge < -0.3 is 9.36 Å². The van der Waals surface area contributed by atoms with Crippen LogP contribution in [0, 0.1) is 0 Å². The first-order valence-electron chi connectivity index (χ1n) is 6.85. The van der Waals surface area contributed by atoms with E-state index in [0.717, 1.165) is 4.47 Å². The molecule has 1 aliphatic heterocycles. The molecule has 0 aliphatic carbocycles. The van der Waals surface area contributed by atoms with Crippen LogP contribution in [0.1, 0.15) is 38.1 Å². The third kappa shape index (κ3) is 2.94. The average molecular weight is 466 g/mol. The summed E-state index contributed by atoms with van der Waals surface area (Å²) in [5.74, 6) is 0. The van der Waals surface area contributed by atoms with Gasteiger partial charge in [0, 0.05) is 16.3 Å². The predicted octanol–water partition coefficient (Wildman–Crippen LogP) is 4.34. The summed E-state index contributed by atoms with van der Waals surface area (Å²) in [5.41, 5.74) is 0.254. The molecule has 6 nitrogen and oxygen atoms in total. The normalized spacial score (nSPS) is 18.7. The molecule has 9 heteroatoms. The summed E-state index contributed by atoms with van der Waals surface area (Å²) in [7, 11) is -3.68. The Bertz CT molecular complexity index is 918. The highest BCUT2D eigenvalue weighted by Gasteiger charge is 2.40. The quantitative estimate of drug-likeness (QED) is 0.658. The lowest BCUT2D eigenvalue weighted by Gasteiger charge is -2.14. The van der Waals surface area contributed by atoms with Crippen LogP contribution in [0.5, 0.6) is 0 Å². The van der Waals surface area contributed by atoms with Crippen LogP contribution in [0.25, 0.3) is 11.0 Å². The first-order valence-corrected chi connectivity index (χ1v) is 9.98. The number of halogens is 2. The Hall–Kier alpha value is -0.930. The fourth-order valence-corrected chi connectivity index (χ4v) is 5.25. The largest absolute Gasteiger partial charge is 0.389 e. The molecular formula is C14H14Br2N2O4S. The van der Waals surface area contributed by atoms with Gasteiger partial charge in [0.05, 0.1) is 4.47 Å². The van der Waals surface area contributed by atoms with E-state index in [1.165, 1.54) is 0 Å². The van der Waals surface area contributed by atoms with Crippen molar-refractivity contribution in [2.45, 2.75) is 38.0 Å². The lowest BCUT2D eigenvalue weighted by molar-refractivity contribution is 0.0123. The molecule has 1 unspecified atom stereocenters. The molecule has 0 saturated carbocycles. The Morgan fingerprint density at radius 3 is 2.61 bits per heavy atom. The smallest absolute Gasteiger partial charge is 0.203 e. The number of fused-ring (bicyclic) bond motifs is 1. The van der Waals surface area contributed by atoms with Crippen LogP contribution in [-0.4, -0.2) is 24.2 Å². The van der Waals surface area contributed by atoms with Gasteiger partial charge in [-0.15, -0.1) is 0 Å². The number of hydrogen-bond donors (Lipinski definition) is 0. The van der Waals surface area contributed by atoms with Crippen LogP contribution in [0.4, 0.5) is 0 Å². The Morgan fingerprint density at radius 2 is 2.00 bits per heavy atom. The summed E-state index contributed by atoms with van der Waals surface area (Å²) in [6, 6.07) is 3.60. The first-order chi connectivity index (χ1) is 10.6. The minimum atomic E-state index is -3.68. The SMILES string of the molecule is CC(c1noc2c(Br)cc(Br)cc12)S(=O)(=O)C1=NOC(C)(C)C1.